The lowest BCUT2D eigenvalue weighted by Gasteiger charge is -2.43. The number of unbranched alkanes of at least 4 members (excludes halogenated alkanes) is 1. The highest BCUT2D eigenvalue weighted by atomic mass is 28.4. The van der Waals surface area contributed by atoms with E-state index in [1.54, 1.807) is 0 Å². The van der Waals surface area contributed by atoms with Gasteiger partial charge in [-0.2, -0.15) is 0 Å². The smallest absolute Gasteiger partial charge is 0.261 e. The molecule has 0 saturated heterocycles. The fourth-order valence-corrected chi connectivity index (χ4v) is 10.8. The summed E-state index contributed by atoms with van der Waals surface area (Å²) in [5, 5.41) is 2.60. The van der Waals surface area contributed by atoms with Gasteiger partial charge in [-0.25, -0.2) is 0 Å². The minimum absolute atomic E-state index is 0.0325. The van der Waals surface area contributed by atoms with Crippen LogP contribution in [0, 0.1) is 0 Å². The van der Waals surface area contributed by atoms with Crippen molar-refractivity contribution in [2.24, 2.45) is 0 Å². The molecule has 0 unspecified atom stereocenters. The molecule has 0 heterocycles. The van der Waals surface area contributed by atoms with Crippen LogP contribution in [0.5, 0.6) is 0 Å². The van der Waals surface area contributed by atoms with E-state index in [4.69, 9.17) is 9.16 Å². The monoisotopic (exact) mass is 570 g/mol. The van der Waals surface area contributed by atoms with E-state index in [1.165, 1.54) is 10.4 Å². The molecule has 2 nitrogen and oxygen atoms in total. The number of rotatable bonds is 12. The molecule has 0 atom stereocenters. The van der Waals surface area contributed by atoms with E-state index in [1.807, 2.05) is 0 Å². The number of hydrogen-bond acceptors (Lipinski definition) is 2. The lowest BCUT2D eigenvalue weighted by molar-refractivity contribution is 0.00957. The first-order valence-electron chi connectivity index (χ1n) is 15.0. The van der Waals surface area contributed by atoms with Gasteiger partial charge in [0.1, 0.15) is 5.60 Å². The molecule has 0 spiro atoms. The van der Waals surface area contributed by atoms with Gasteiger partial charge < -0.3 is 9.16 Å². The van der Waals surface area contributed by atoms with Crippen molar-refractivity contribution in [3.8, 4) is 0 Å². The van der Waals surface area contributed by atoms with E-state index in [0.717, 1.165) is 29.5 Å². The lowest BCUT2D eigenvalue weighted by Crippen LogP contribution is -2.66. The van der Waals surface area contributed by atoms with E-state index >= 15 is 0 Å². The van der Waals surface area contributed by atoms with E-state index in [2.05, 4.69) is 172 Å². The van der Waals surface area contributed by atoms with Crippen molar-refractivity contribution in [3.05, 3.63) is 168 Å². The molecular formula is C39H42O2Si. The predicted octanol–water partition coefficient (Wildman–Crippen LogP) is 8.35. The summed E-state index contributed by atoms with van der Waals surface area (Å²) in [5.74, 6) is 0. The summed E-state index contributed by atoms with van der Waals surface area (Å²) < 4.78 is 14.1. The maximum absolute atomic E-state index is 7.14. The molecule has 0 aliphatic rings. The van der Waals surface area contributed by atoms with Crippen LogP contribution in [0.3, 0.4) is 0 Å². The van der Waals surface area contributed by atoms with E-state index < -0.39 is 13.9 Å². The molecule has 5 aromatic rings. The average molecular weight is 571 g/mol. The van der Waals surface area contributed by atoms with Gasteiger partial charge in [0.15, 0.2) is 0 Å². The minimum Gasteiger partial charge on any atom is -0.407 e. The minimum atomic E-state index is -2.54. The molecule has 0 bridgehead atoms. The SMILES string of the molecule is CC(C)(C)[Si](OCCCCOC(c1ccccc1)(c1ccccc1)c1ccccc1)(c1ccccc1)c1ccccc1. The second-order valence-electron chi connectivity index (χ2n) is 11.8. The molecule has 0 aliphatic heterocycles. The summed E-state index contributed by atoms with van der Waals surface area (Å²) in [6.45, 7) is 8.29. The van der Waals surface area contributed by atoms with Gasteiger partial charge in [-0.15, -0.1) is 0 Å². The zero-order chi connectivity index (χ0) is 29.3. The summed E-state index contributed by atoms with van der Waals surface area (Å²) in [6.07, 6.45) is 1.81. The molecular weight excluding hydrogens is 529 g/mol. The quantitative estimate of drug-likeness (QED) is 0.0853. The van der Waals surface area contributed by atoms with Crippen LogP contribution in [0.15, 0.2) is 152 Å². The van der Waals surface area contributed by atoms with Crippen molar-refractivity contribution in [3.63, 3.8) is 0 Å². The number of ether oxygens (including phenoxy) is 1. The number of benzene rings is 5. The molecule has 0 amide bonds. The molecule has 0 saturated carbocycles. The Balaban J connectivity index is 1.38. The van der Waals surface area contributed by atoms with Gasteiger partial charge in [-0.3, -0.25) is 0 Å². The molecule has 5 aromatic carbocycles. The Morgan fingerprint density at radius 1 is 0.452 bits per heavy atom. The van der Waals surface area contributed by atoms with E-state index in [-0.39, 0.29) is 5.04 Å². The lowest BCUT2D eigenvalue weighted by atomic mass is 9.80. The predicted molar refractivity (Wildman–Crippen MR) is 178 cm³/mol. The van der Waals surface area contributed by atoms with Crippen molar-refractivity contribution < 1.29 is 9.16 Å². The fraction of sp³-hybridized carbons (Fsp3) is 0.231. The molecule has 42 heavy (non-hydrogen) atoms. The second-order valence-corrected chi connectivity index (χ2v) is 16.2. The van der Waals surface area contributed by atoms with Gasteiger partial charge in [0.2, 0.25) is 0 Å². The zero-order valence-corrected chi connectivity index (χ0v) is 26.1. The van der Waals surface area contributed by atoms with Crippen LogP contribution in [0.4, 0.5) is 0 Å². The van der Waals surface area contributed by atoms with Gasteiger partial charge in [-0.05, 0) is 44.9 Å². The molecule has 0 aromatic heterocycles. The average Bonchev–Trinajstić information content (AvgIpc) is 3.04. The topological polar surface area (TPSA) is 18.5 Å². The highest BCUT2D eigenvalue weighted by Gasteiger charge is 2.50. The molecule has 0 radical (unpaired) electrons. The Kier molecular flexibility index (Phi) is 9.54. The van der Waals surface area contributed by atoms with Crippen LogP contribution in [0.1, 0.15) is 50.3 Å². The van der Waals surface area contributed by atoms with Gasteiger partial charge in [0.25, 0.3) is 8.32 Å². The van der Waals surface area contributed by atoms with Gasteiger partial charge >= 0.3 is 0 Å². The van der Waals surface area contributed by atoms with Crippen molar-refractivity contribution >= 4 is 18.7 Å². The molecule has 0 fully saturated rings. The first-order chi connectivity index (χ1) is 20.5. The Hall–Kier alpha value is -3.76. The van der Waals surface area contributed by atoms with Gasteiger partial charge in [-0.1, -0.05) is 172 Å². The normalized spacial score (nSPS) is 12.3. The first kappa shape index (κ1) is 29.7. The third kappa shape index (κ3) is 6.05. The molecule has 5 rings (SSSR count). The second kappa shape index (κ2) is 13.5. The maximum Gasteiger partial charge on any atom is 0.261 e. The van der Waals surface area contributed by atoms with Gasteiger partial charge in [0.05, 0.1) is 0 Å². The van der Waals surface area contributed by atoms with E-state index in [0.29, 0.717) is 13.2 Å². The zero-order valence-electron chi connectivity index (χ0n) is 25.1. The van der Waals surface area contributed by atoms with Crippen molar-refractivity contribution in [2.45, 2.75) is 44.3 Å². The van der Waals surface area contributed by atoms with Crippen LogP contribution in [-0.4, -0.2) is 21.5 Å². The fourth-order valence-electron chi connectivity index (χ4n) is 6.18. The summed E-state index contributed by atoms with van der Waals surface area (Å²) in [7, 11) is -2.54. The molecule has 214 valence electrons. The third-order valence-corrected chi connectivity index (χ3v) is 13.2. The van der Waals surface area contributed by atoms with Gasteiger partial charge in [0, 0.05) is 13.2 Å². The number of hydrogen-bond donors (Lipinski definition) is 0. The Bertz CT molecular complexity index is 1350. The highest BCUT2D eigenvalue weighted by molar-refractivity contribution is 6.99. The Morgan fingerprint density at radius 3 is 1.14 bits per heavy atom. The summed E-state index contributed by atoms with van der Waals surface area (Å²) in [4.78, 5) is 0. The van der Waals surface area contributed by atoms with Crippen LogP contribution >= 0.6 is 0 Å². The highest BCUT2D eigenvalue weighted by Crippen LogP contribution is 2.41. The maximum atomic E-state index is 7.14. The van der Waals surface area contributed by atoms with Crippen molar-refractivity contribution in [2.75, 3.05) is 13.2 Å². The Labute approximate surface area is 253 Å². The van der Waals surface area contributed by atoms with Crippen molar-refractivity contribution in [1.82, 2.24) is 0 Å². The van der Waals surface area contributed by atoms with Crippen LogP contribution in [-0.2, 0) is 14.8 Å². The van der Waals surface area contributed by atoms with E-state index in [9.17, 15) is 0 Å². The standard InChI is InChI=1S/C39H42O2Si/c1-38(2,3)42(36-27-15-7-16-28-36,37-29-17-8-18-30-37)41-32-20-19-31-40-39(33-21-9-4-10-22-33,34-23-11-5-12-24-34)35-25-13-6-14-26-35/h4-18,21-30H,19-20,31-32H2,1-3H3. The molecule has 0 aliphatic carbocycles. The summed E-state index contributed by atoms with van der Waals surface area (Å²) in [5.41, 5.74) is 2.70. The van der Waals surface area contributed by atoms with Crippen molar-refractivity contribution in [1.29, 1.82) is 0 Å². The Morgan fingerprint density at radius 2 is 0.786 bits per heavy atom. The molecule has 3 heteroatoms. The van der Waals surface area contributed by atoms with Crippen LogP contribution in [0.25, 0.3) is 0 Å². The first-order valence-corrected chi connectivity index (χ1v) is 16.9. The summed E-state index contributed by atoms with van der Waals surface area (Å²) in [6, 6.07) is 53.5. The summed E-state index contributed by atoms with van der Waals surface area (Å²) >= 11 is 0. The largest absolute Gasteiger partial charge is 0.407 e. The van der Waals surface area contributed by atoms with Crippen LogP contribution in [0.2, 0.25) is 5.04 Å². The third-order valence-electron chi connectivity index (χ3n) is 8.13. The van der Waals surface area contributed by atoms with Crippen LogP contribution < -0.4 is 10.4 Å². The molecule has 0 N–H and O–H groups in total.